The van der Waals surface area contributed by atoms with Crippen molar-refractivity contribution in [2.75, 3.05) is 19.7 Å². The smallest absolute Gasteiger partial charge is 0.241 e. The predicted molar refractivity (Wildman–Crippen MR) is 98.5 cm³/mol. The molecule has 4 N–H and O–H groups in total. The van der Waals surface area contributed by atoms with Crippen molar-refractivity contribution < 1.29 is 24.9 Å². The van der Waals surface area contributed by atoms with Crippen LogP contribution in [0.15, 0.2) is 0 Å². The Morgan fingerprint density at radius 3 is 2.35 bits per heavy atom. The van der Waals surface area contributed by atoms with E-state index in [0.29, 0.717) is 13.1 Å². The lowest BCUT2D eigenvalue weighted by Crippen LogP contribution is -2.60. The fraction of sp³-hybridized carbons (Fsp3) is 0.947. The summed E-state index contributed by atoms with van der Waals surface area (Å²) in [4.78, 5) is 14.2. The van der Waals surface area contributed by atoms with Gasteiger partial charge in [0.05, 0.1) is 12.6 Å². The Balaban J connectivity index is 1.72. The first kappa shape index (κ1) is 21.6. The summed E-state index contributed by atoms with van der Waals surface area (Å²) in [5.41, 5.74) is 0. The van der Waals surface area contributed by atoms with Gasteiger partial charge in [-0.05, 0) is 6.42 Å². The zero-order valence-electron chi connectivity index (χ0n) is 16.0. The van der Waals surface area contributed by atoms with Crippen molar-refractivity contribution in [3.63, 3.8) is 0 Å². The molecule has 0 aliphatic carbocycles. The van der Waals surface area contributed by atoms with E-state index in [-0.39, 0.29) is 18.6 Å². The van der Waals surface area contributed by atoms with Crippen LogP contribution < -0.4 is 5.32 Å². The number of nitrogens with one attached hydrogen (secondary N) is 1. The molecule has 7 heteroatoms. The molecule has 5 atom stereocenters. The van der Waals surface area contributed by atoms with E-state index < -0.39 is 24.5 Å². The van der Waals surface area contributed by atoms with E-state index in [4.69, 9.17) is 4.74 Å². The number of amides is 1. The van der Waals surface area contributed by atoms with Gasteiger partial charge in [-0.1, -0.05) is 58.3 Å². The molecule has 7 nitrogen and oxygen atoms in total. The van der Waals surface area contributed by atoms with Gasteiger partial charge in [0.25, 0.3) is 0 Å². The van der Waals surface area contributed by atoms with Crippen molar-refractivity contribution >= 4 is 5.91 Å². The van der Waals surface area contributed by atoms with Gasteiger partial charge < -0.3 is 30.3 Å². The molecule has 2 saturated heterocycles. The summed E-state index contributed by atoms with van der Waals surface area (Å²) in [6.45, 7) is 2.91. The van der Waals surface area contributed by atoms with Crippen molar-refractivity contribution in [3.8, 4) is 0 Å². The van der Waals surface area contributed by atoms with Crippen molar-refractivity contribution in [3.05, 3.63) is 0 Å². The lowest BCUT2D eigenvalue weighted by molar-refractivity contribution is -0.158. The molecule has 0 aromatic heterocycles. The molecule has 1 amide bonds. The molecule has 2 fully saturated rings. The lowest BCUT2D eigenvalue weighted by Gasteiger charge is -2.37. The van der Waals surface area contributed by atoms with Crippen LogP contribution in [0.1, 0.15) is 64.7 Å². The third-order valence-corrected chi connectivity index (χ3v) is 5.50. The summed E-state index contributed by atoms with van der Waals surface area (Å²) in [6, 6.07) is -0.259. The summed E-state index contributed by atoms with van der Waals surface area (Å²) < 4.78 is 5.51. The fourth-order valence-electron chi connectivity index (χ4n) is 3.85. The first-order valence-electron chi connectivity index (χ1n) is 10.3. The minimum atomic E-state index is -1.18. The molecule has 2 aliphatic heterocycles. The molecule has 0 unspecified atom stereocenters. The summed E-state index contributed by atoms with van der Waals surface area (Å²) in [5.74, 6) is -0.0889. The minimum absolute atomic E-state index is 0.0889. The molecule has 2 heterocycles. The van der Waals surface area contributed by atoms with Crippen LogP contribution in [0.4, 0.5) is 0 Å². The molecule has 0 spiro atoms. The monoisotopic (exact) mass is 372 g/mol. The first-order chi connectivity index (χ1) is 12.6. The maximum Gasteiger partial charge on any atom is 0.241 e. The molecule has 2 aliphatic rings. The van der Waals surface area contributed by atoms with Crippen molar-refractivity contribution in [2.45, 2.75) is 95.3 Å². The third kappa shape index (κ3) is 5.63. The van der Waals surface area contributed by atoms with E-state index >= 15 is 0 Å². The number of piperazine rings is 1. The second kappa shape index (κ2) is 11.2. The Morgan fingerprint density at radius 2 is 1.73 bits per heavy atom. The van der Waals surface area contributed by atoms with E-state index in [1.165, 1.54) is 43.4 Å². The van der Waals surface area contributed by atoms with Gasteiger partial charge in [-0.2, -0.15) is 0 Å². The Labute approximate surface area is 156 Å². The molecule has 0 saturated carbocycles. The number of aliphatic hydroxyl groups is 3. The van der Waals surface area contributed by atoms with Crippen LogP contribution in [0.2, 0.25) is 0 Å². The average molecular weight is 373 g/mol. The number of aliphatic hydroxyl groups excluding tert-OH is 3. The quantitative estimate of drug-likeness (QED) is 0.399. The van der Waals surface area contributed by atoms with Gasteiger partial charge >= 0.3 is 0 Å². The highest BCUT2D eigenvalue weighted by atomic mass is 16.6. The zero-order valence-corrected chi connectivity index (χ0v) is 16.0. The summed E-state index contributed by atoms with van der Waals surface area (Å²) in [5, 5.41) is 32.5. The molecule has 0 aromatic rings. The number of nitrogens with zero attached hydrogens (tertiary/aromatic N) is 1. The van der Waals surface area contributed by atoms with Crippen molar-refractivity contribution in [1.29, 1.82) is 0 Å². The standard InChI is InChI=1S/C19H36N2O5/c1-2-3-4-5-6-7-8-9-10-14-18(25)21(12-11-20-14)19-17(24)16(23)15(13-22)26-19/h14-17,19-20,22-24H,2-13H2,1H3/t14-,15-,16-,17-,19-/m1/s1. The number of unbranched alkanes of at least 4 members (excludes halogenated alkanes) is 7. The highest BCUT2D eigenvalue weighted by molar-refractivity contribution is 5.83. The van der Waals surface area contributed by atoms with Gasteiger partial charge in [0.2, 0.25) is 5.91 Å². The van der Waals surface area contributed by atoms with Crippen LogP contribution in [0.25, 0.3) is 0 Å². The van der Waals surface area contributed by atoms with Crippen LogP contribution >= 0.6 is 0 Å². The minimum Gasteiger partial charge on any atom is -0.394 e. The summed E-state index contributed by atoms with van der Waals surface area (Å²) >= 11 is 0. The van der Waals surface area contributed by atoms with Crippen molar-refractivity contribution in [1.82, 2.24) is 10.2 Å². The molecule has 0 bridgehead atoms. The third-order valence-electron chi connectivity index (χ3n) is 5.50. The number of ether oxygens (including phenoxy) is 1. The normalized spacial score (nSPS) is 32.4. The van der Waals surface area contributed by atoms with E-state index in [9.17, 15) is 20.1 Å². The summed E-state index contributed by atoms with van der Waals surface area (Å²) in [6.07, 6.45) is 6.51. The number of carbonyl (C=O) groups is 1. The molecule has 26 heavy (non-hydrogen) atoms. The Kier molecular flexibility index (Phi) is 9.28. The van der Waals surface area contributed by atoms with Crippen LogP contribution in [0, 0.1) is 0 Å². The van der Waals surface area contributed by atoms with E-state index in [1.54, 1.807) is 0 Å². The van der Waals surface area contributed by atoms with Gasteiger partial charge in [-0.3, -0.25) is 4.79 Å². The predicted octanol–water partition coefficient (Wildman–Crippen LogP) is 0.757. The molecular weight excluding hydrogens is 336 g/mol. The Hall–Kier alpha value is -0.730. The van der Waals surface area contributed by atoms with Crippen LogP contribution in [-0.2, 0) is 9.53 Å². The van der Waals surface area contributed by atoms with E-state index in [2.05, 4.69) is 12.2 Å². The average Bonchev–Trinajstić information content (AvgIpc) is 2.93. The number of hydrogen-bond donors (Lipinski definition) is 4. The lowest BCUT2D eigenvalue weighted by atomic mass is 10.0. The first-order valence-corrected chi connectivity index (χ1v) is 10.3. The maximum atomic E-state index is 12.7. The molecule has 0 radical (unpaired) electrons. The zero-order chi connectivity index (χ0) is 18.9. The maximum absolute atomic E-state index is 12.7. The van der Waals surface area contributed by atoms with Gasteiger partial charge in [-0.25, -0.2) is 0 Å². The number of carbonyl (C=O) groups excluding carboxylic acids is 1. The Bertz CT molecular complexity index is 423. The SMILES string of the molecule is CCCCCCCCCC[C@H]1NCCN([C@@H]2O[C@H](CO)[C@@H](O)[C@H]2O)C1=O. The highest BCUT2D eigenvalue weighted by Gasteiger charge is 2.47. The van der Waals surface area contributed by atoms with Crippen molar-refractivity contribution in [2.24, 2.45) is 0 Å². The summed E-state index contributed by atoms with van der Waals surface area (Å²) in [7, 11) is 0. The topological polar surface area (TPSA) is 102 Å². The van der Waals surface area contributed by atoms with Gasteiger partial charge in [0, 0.05) is 13.1 Å². The Morgan fingerprint density at radius 1 is 1.08 bits per heavy atom. The second-order valence-electron chi connectivity index (χ2n) is 7.53. The second-order valence-corrected chi connectivity index (χ2v) is 7.53. The molecular formula is C19H36N2O5. The van der Waals surface area contributed by atoms with E-state index in [0.717, 1.165) is 19.3 Å². The largest absolute Gasteiger partial charge is 0.394 e. The van der Waals surface area contributed by atoms with Gasteiger partial charge in [0.1, 0.15) is 18.3 Å². The fourth-order valence-corrected chi connectivity index (χ4v) is 3.85. The molecule has 0 aromatic carbocycles. The van der Waals surface area contributed by atoms with Gasteiger partial charge in [0.15, 0.2) is 6.23 Å². The van der Waals surface area contributed by atoms with Crippen LogP contribution in [0.5, 0.6) is 0 Å². The highest BCUT2D eigenvalue weighted by Crippen LogP contribution is 2.26. The van der Waals surface area contributed by atoms with Crippen LogP contribution in [0.3, 0.4) is 0 Å². The number of rotatable bonds is 11. The molecule has 2 rings (SSSR count). The number of hydrogen-bond acceptors (Lipinski definition) is 6. The van der Waals surface area contributed by atoms with E-state index in [1.807, 2.05) is 0 Å². The van der Waals surface area contributed by atoms with Crippen LogP contribution in [-0.4, -0.2) is 76.4 Å². The van der Waals surface area contributed by atoms with Gasteiger partial charge in [-0.15, -0.1) is 0 Å². The molecule has 152 valence electrons.